The van der Waals surface area contributed by atoms with Gasteiger partial charge in [-0.1, -0.05) is 0 Å². The highest BCUT2D eigenvalue weighted by Gasteiger charge is 2.28. The summed E-state index contributed by atoms with van der Waals surface area (Å²) in [6.07, 6.45) is 3.69. The van der Waals surface area contributed by atoms with E-state index in [1.54, 1.807) is 7.11 Å². The lowest BCUT2D eigenvalue weighted by molar-refractivity contribution is -0.686. The smallest absolute Gasteiger partial charge is 0.269 e. The molecule has 39 heavy (non-hydrogen) atoms. The van der Waals surface area contributed by atoms with E-state index in [2.05, 4.69) is 34.3 Å². The summed E-state index contributed by atoms with van der Waals surface area (Å²) in [5, 5.41) is 15.5. The second-order valence-electron chi connectivity index (χ2n) is 9.37. The normalized spacial score (nSPS) is 12.9. The minimum absolute atomic E-state index is 0.0267. The van der Waals surface area contributed by atoms with Crippen molar-refractivity contribution in [1.29, 1.82) is 0 Å². The Balaban J connectivity index is 1.17. The van der Waals surface area contributed by atoms with Crippen LogP contribution in [-0.4, -0.2) is 31.3 Å². The molecule has 0 aliphatic carbocycles. The predicted molar refractivity (Wildman–Crippen MR) is 142 cm³/mol. The minimum atomic E-state index is -0.479. The van der Waals surface area contributed by atoms with Crippen molar-refractivity contribution in [3.63, 3.8) is 0 Å². The molecular formula is C29H26N3O7+. The van der Waals surface area contributed by atoms with Crippen LogP contribution in [0.25, 0.3) is 22.0 Å². The first kappa shape index (κ1) is 24.5. The number of ether oxygens (including phenoxy) is 4. The molecule has 0 saturated heterocycles. The fraction of sp³-hybridized carbons (Fsp3) is 0.241. The Labute approximate surface area is 223 Å². The number of pyridine rings is 1. The molecule has 10 nitrogen and oxygen atoms in total. The van der Waals surface area contributed by atoms with E-state index in [-0.39, 0.29) is 24.8 Å². The Hall–Kier alpha value is -4.86. The zero-order valence-corrected chi connectivity index (χ0v) is 21.3. The van der Waals surface area contributed by atoms with Gasteiger partial charge in [0.1, 0.15) is 0 Å². The number of rotatable bonds is 8. The summed E-state index contributed by atoms with van der Waals surface area (Å²) < 4.78 is 25.2. The van der Waals surface area contributed by atoms with Crippen molar-refractivity contribution in [2.45, 2.75) is 25.8 Å². The van der Waals surface area contributed by atoms with Crippen LogP contribution >= 0.6 is 0 Å². The third kappa shape index (κ3) is 4.76. The van der Waals surface area contributed by atoms with Gasteiger partial charge >= 0.3 is 0 Å². The number of hydrogen-bond donors (Lipinski definition) is 1. The second-order valence-corrected chi connectivity index (χ2v) is 9.37. The predicted octanol–water partition coefficient (Wildman–Crippen LogP) is 4.79. The third-order valence-corrected chi connectivity index (χ3v) is 6.95. The first-order valence-electron chi connectivity index (χ1n) is 12.6. The topological polar surface area (TPSA) is 113 Å². The average Bonchev–Trinajstić information content (AvgIpc) is 3.41. The number of anilines is 1. The molecule has 0 unspecified atom stereocenters. The average molecular weight is 529 g/mol. The first-order chi connectivity index (χ1) is 19.0. The SMILES string of the molecule is COc1ccc2cc3[n+](cc2c1OCCCC(=O)Nc1ccc([N+](=O)[O-])cc1)CCc1cc2c(cc1-3)OCO2. The van der Waals surface area contributed by atoms with Gasteiger partial charge in [0.2, 0.25) is 18.4 Å². The molecule has 2 aliphatic heterocycles. The fourth-order valence-electron chi connectivity index (χ4n) is 5.00. The van der Waals surface area contributed by atoms with Gasteiger partial charge in [-0.15, -0.1) is 0 Å². The van der Waals surface area contributed by atoms with Crippen molar-refractivity contribution in [3.05, 3.63) is 76.5 Å². The maximum absolute atomic E-state index is 12.4. The zero-order chi connectivity index (χ0) is 26.9. The van der Waals surface area contributed by atoms with Crippen molar-refractivity contribution < 1.29 is 33.2 Å². The maximum atomic E-state index is 12.4. The van der Waals surface area contributed by atoms with Crippen LogP contribution in [0.2, 0.25) is 0 Å². The van der Waals surface area contributed by atoms with Gasteiger partial charge in [0.05, 0.1) is 29.6 Å². The van der Waals surface area contributed by atoms with Gasteiger partial charge in [0, 0.05) is 36.7 Å². The van der Waals surface area contributed by atoms with Gasteiger partial charge in [0.15, 0.2) is 35.7 Å². The van der Waals surface area contributed by atoms with E-state index in [0.717, 1.165) is 46.5 Å². The molecule has 0 atom stereocenters. The molecule has 6 rings (SSSR count). The molecule has 2 aliphatic rings. The highest BCUT2D eigenvalue weighted by molar-refractivity contribution is 5.92. The second kappa shape index (κ2) is 10.1. The summed E-state index contributed by atoms with van der Waals surface area (Å²) >= 11 is 0. The third-order valence-electron chi connectivity index (χ3n) is 6.95. The van der Waals surface area contributed by atoms with Crippen LogP contribution in [0.1, 0.15) is 18.4 Å². The number of methoxy groups -OCH3 is 1. The summed E-state index contributed by atoms with van der Waals surface area (Å²) in [5.74, 6) is 2.63. The van der Waals surface area contributed by atoms with E-state index in [1.165, 1.54) is 29.8 Å². The van der Waals surface area contributed by atoms with Crippen molar-refractivity contribution in [3.8, 4) is 34.3 Å². The summed E-state index contributed by atoms with van der Waals surface area (Å²) in [6.45, 7) is 1.38. The monoisotopic (exact) mass is 528 g/mol. The number of nitro groups is 1. The summed E-state index contributed by atoms with van der Waals surface area (Å²) in [5.41, 5.74) is 3.94. The number of benzene rings is 3. The van der Waals surface area contributed by atoms with Crippen LogP contribution in [0.3, 0.4) is 0 Å². The Kier molecular flexibility index (Phi) is 6.36. The molecule has 0 fully saturated rings. The molecule has 4 aromatic rings. The van der Waals surface area contributed by atoms with Crippen LogP contribution in [0, 0.1) is 10.1 Å². The molecule has 3 aromatic carbocycles. The summed E-state index contributed by atoms with van der Waals surface area (Å²) in [6, 6.07) is 15.9. The number of non-ortho nitro benzene ring substituents is 1. The minimum Gasteiger partial charge on any atom is -0.493 e. The van der Waals surface area contributed by atoms with Crippen LogP contribution < -0.4 is 28.8 Å². The van der Waals surface area contributed by atoms with Crippen molar-refractivity contribution >= 4 is 28.1 Å². The Morgan fingerprint density at radius 1 is 1.10 bits per heavy atom. The highest BCUT2D eigenvalue weighted by Crippen LogP contribution is 2.41. The van der Waals surface area contributed by atoms with Crippen molar-refractivity contribution in [2.24, 2.45) is 0 Å². The van der Waals surface area contributed by atoms with E-state index in [4.69, 9.17) is 18.9 Å². The van der Waals surface area contributed by atoms with E-state index >= 15 is 0 Å². The molecular weight excluding hydrogens is 502 g/mol. The van der Waals surface area contributed by atoms with E-state index < -0.39 is 4.92 Å². The largest absolute Gasteiger partial charge is 0.493 e. The number of nitrogens with one attached hydrogen (secondary N) is 1. The number of carbonyl (C=O) groups is 1. The zero-order valence-electron chi connectivity index (χ0n) is 21.3. The molecule has 3 heterocycles. The first-order valence-corrected chi connectivity index (χ1v) is 12.6. The van der Waals surface area contributed by atoms with Gasteiger partial charge < -0.3 is 24.3 Å². The Morgan fingerprint density at radius 2 is 1.90 bits per heavy atom. The number of fused-ring (bicyclic) bond motifs is 5. The van der Waals surface area contributed by atoms with Crippen LogP contribution in [-0.2, 0) is 17.8 Å². The summed E-state index contributed by atoms with van der Waals surface area (Å²) in [7, 11) is 1.61. The Morgan fingerprint density at radius 3 is 2.67 bits per heavy atom. The number of hydrogen-bond acceptors (Lipinski definition) is 7. The number of carbonyl (C=O) groups excluding carboxylic acids is 1. The van der Waals surface area contributed by atoms with Gasteiger partial charge in [-0.25, -0.2) is 0 Å². The number of nitrogens with zero attached hydrogens (tertiary/aromatic N) is 2. The highest BCUT2D eigenvalue weighted by atomic mass is 16.7. The lowest BCUT2D eigenvalue weighted by atomic mass is 9.95. The van der Waals surface area contributed by atoms with E-state index in [0.29, 0.717) is 30.2 Å². The molecule has 0 radical (unpaired) electrons. The molecule has 1 amide bonds. The van der Waals surface area contributed by atoms with Gasteiger partial charge in [-0.05, 0) is 53.8 Å². The van der Waals surface area contributed by atoms with Crippen molar-refractivity contribution in [1.82, 2.24) is 0 Å². The van der Waals surface area contributed by atoms with Crippen LogP contribution in [0.15, 0.2) is 60.8 Å². The molecule has 198 valence electrons. The van der Waals surface area contributed by atoms with E-state index in [9.17, 15) is 14.9 Å². The quantitative estimate of drug-likeness (QED) is 0.151. The van der Waals surface area contributed by atoms with E-state index in [1.807, 2.05) is 12.1 Å². The van der Waals surface area contributed by atoms with Gasteiger partial charge in [-0.3, -0.25) is 14.9 Å². The molecule has 1 N–H and O–H groups in total. The van der Waals surface area contributed by atoms with Crippen LogP contribution in [0.5, 0.6) is 23.0 Å². The number of nitro benzene ring substituents is 1. The maximum Gasteiger partial charge on any atom is 0.269 e. The lowest BCUT2D eigenvalue weighted by Crippen LogP contribution is -2.40. The molecule has 0 spiro atoms. The molecule has 10 heteroatoms. The number of aromatic nitrogens is 1. The standard InChI is InChI=1S/C29H25N3O7/c1-36-25-9-4-18-13-24-22-15-27-26(38-17-39-27)14-19(22)10-11-31(24)16-23(18)29(25)37-12-2-3-28(33)30-20-5-7-21(8-6-20)32(34)35/h4-9,13-16H,2-3,10-12,17H2,1H3/p+1. The molecule has 1 aromatic heterocycles. The molecule has 0 bridgehead atoms. The number of aryl methyl sites for hydroxylation is 2. The molecule has 0 saturated carbocycles. The van der Waals surface area contributed by atoms with Gasteiger partial charge in [-0.2, -0.15) is 4.57 Å². The number of amides is 1. The lowest BCUT2D eigenvalue weighted by Gasteiger charge is -2.18. The van der Waals surface area contributed by atoms with Crippen LogP contribution in [0.4, 0.5) is 11.4 Å². The van der Waals surface area contributed by atoms with Gasteiger partial charge in [0.25, 0.3) is 5.69 Å². The fourth-order valence-corrected chi connectivity index (χ4v) is 5.00. The van der Waals surface area contributed by atoms with Crippen molar-refractivity contribution in [2.75, 3.05) is 25.8 Å². The Bertz CT molecular complexity index is 1600. The summed E-state index contributed by atoms with van der Waals surface area (Å²) in [4.78, 5) is 22.7.